The molecule has 2 aromatic heterocycles. The van der Waals surface area contributed by atoms with E-state index in [2.05, 4.69) is 9.88 Å². The van der Waals surface area contributed by atoms with Gasteiger partial charge in [0.1, 0.15) is 5.82 Å². The number of halogens is 1. The van der Waals surface area contributed by atoms with E-state index in [4.69, 9.17) is 0 Å². The van der Waals surface area contributed by atoms with Crippen LogP contribution in [0.5, 0.6) is 0 Å². The Morgan fingerprint density at radius 1 is 0.935 bits per heavy atom. The molecule has 2 aromatic carbocycles. The van der Waals surface area contributed by atoms with Gasteiger partial charge in [0.2, 0.25) is 0 Å². The van der Waals surface area contributed by atoms with Gasteiger partial charge in [0.05, 0.1) is 11.3 Å². The normalized spacial score (nSPS) is 14.3. The summed E-state index contributed by atoms with van der Waals surface area (Å²) in [5.41, 5.74) is 4.29. The molecule has 6 heteroatoms. The van der Waals surface area contributed by atoms with Gasteiger partial charge >= 0.3 is 0 Å². The topological polar surface area (TPSA) is 41.4 Å². The summed E-state index contributed by atoms with van der Waals surface area (Å²) in [5.74, 6) is -0.390. The molecule has 0 atom stereocenters. The SMILES string of the molecule is Cn1c(-c2ccccc2)c(C(=O)N2CCN(c3ccncc3)CC2)c2cc(F)ccc21. The first-order chi connectivity index (χ1) is 15.1. The number of aromatic nitrogens is 2. The summed E-state index contributed by atoms with van der Waals surface area (Å²) in [6.45, 7) is 2.72. The van der Waals surface area contributed by atoms with Crippen molar-refractivity contribution in [3.05, 3.63) is 84.4 Å². The van der Waals surface area contributed by atoms with E-state index >= 15 is 0 Å². The second-order valence-corrected chi connectivity index (χ2v) is 7.79. The van der Waals surface area contributed by atoms with Gasteiger partial charge in [-0.1, -0.05) is 30.3 Å². The number of carbonyl (C=O) groups is 1. The molecular formula is C25H23FN4O. The van der Waals surface area contributed by atoms with Crippen molar-refractivity contribution in [3.8, 4) is 11.3 Å². The summed E-state index contributed by atoms with van der Waals surface area (Å²) in [6.07, 6.45) is 3.56. The predicted molar refractivity (Wildman–Crippen MR) is 121 cm³/mol. The highest BCUT2D eigenvalue weighted by Crippen LogP contribution is 2.34. The molecule has 31 heavy (non-hydrogen) atoms. The molecular weight excluding hydrogens is 391 g/mol. The van der Waals surface area contributed by atoms with E-state index in [1.807, 2.05) is 59.0 Å². The molecule has 5 nitrogen and oxygen atoms in total. The second kappa shape index (κ2) is 7.87. The van der Waals surface area contributed by atoms with Crippen molar-refractivity contribution in [3.63, 3.8) is 0 Å². The maximum atomic E-state index is 14.2. The molecule has 0 spiro atoms. The summed E-state index contributed by atoms with van der Waals surface area (Å²) in [5, 5.41) is 0.655. The maximum Gasteiger partial charge on any atom is 0.256 e. The van der Waals surface area contributed by atoms with Crippen LogP contribution in [0.4, 0.5) is 10.1 Å². The third-order valence-electron chi connectivity index (χ3n) is 6.02. The van der Waals surface area contributed by atoms with Crippen LogP contribution in [0.25, 0.3) is 22.2 Å². The Morgan fingerprint density at radius 2 is 1.65 bits per heavy atom. The third kappa shape index (κ3) is 3.44. The van der Waals surface area contributed by atoms with Crippen molar-refractivity contribution in [1.82, 2.24) is 14.5 Å². The van der Waals surface area contributed by atoms with E-state index < -0.39 is 0 Å². The van der Waals surface area contributed by atoms with Crippen molar-refractivity contribution in [2.24, 2.45) is 7.05 Å². The lowest BCUT2D eigenvalue weighted by molar-refractivity contribution is 0.0749. The number of amides is 1. The van der Waals surface area contributed by atoms with Gasteiger partial charge < -0.3 is 14.4 Å². The van der Waals surface area contributed by atoms with Crippen LogP contribution in [0.2, 0.25) is 0 Å². The van der Waals surface area contributed by atoms with Gasteiger partial charge in [-0.2, -0.15) is 0 Å². The van der Waals surface area contributed by atoms with Gasteiger partial charge in [-0.25, -0.2) is 4.39 Å². The molecule has 1 fully saturated rings. The molecule has 3 heterocycles. The number of nitrogens with zero attached hydrogens (tertiary/aromatic N) is 4. The second-order valence-electron chi connectivity index (χ2n) is 7.79. The smallest absolute Gasteiger partial charge is 0.256 e. The minimum Gasteiger partial charge on any atom is -0.368 e. The van der Waals surface area contributed by atoms with Crippen molar-refractivity contribution in [2.75, 3.05) is 31.1 Å². The molecule has 0 aliphatic carbocycles. The Kier molecular flexibility index (Phi) is 4.90. The molecule has 0 bridgehead atoms. The van der Waals surface area contributed by atoms with Gasteiger partial charge in [-0.3, -0.25) is 9.78 Å². The molecule has 4 aromatic rings. The lowest BCUT2D eigenvalue weighted by atomic mass is 10.0. The lowest BCUT2D eigenvalue weighted by Gasteiger charge is -2.36. The average molecular weight is 414 g/mol. The van der Waals surface area contributed by atoms with Crippen LogP contribution >= 0.6 is 0 Å². The van der Waals surface area contributed by atoms with Crippen LogP contribution < -0.4 is 4.90 Å². The summed E-state index contributed by atoms with van der Waals surface area (Å²) < 4.78 is 16.1. The molecule has 1 saturated heterocycles. The highest BCUT2D eigenvalue weighted by atomic mass is 19.1. The van der Waals surface area contributed by atoms with Crippen molar-refractivity contribution in [1.29, 1.82) is 0 Å². The summed E-state index contributed by atoms with van der Waals surface area (Å²) >= 11 is 0. The number of pyridine rings is 1. The van der Waals surface area contributed by atoms with Crippen LogP contribution in [-0.4, -0.2) is 46.5 Å². The summed E-state index contributed by atoms with van der Waals surface area (Å²) in [7, 11) is 1.93. The van der Waals surface area contributed by atoms with Gasteiger partial charge in [0.25, 0.3) is 5.91 Å². The number of carbonyl (C=O) groups excluding carboxylic acids is 1. The Balaban J connectivity index is 1.52. The number of hydrogen-bond acceptors (Lipinski definition) is 3. The minimum absolute atomic E-state index is 0.0515. The largest absolute Gasteiger partial charge is 0.368 e. The highest BCUT2D eigenvalue weighted by molar-refractivity contribution is 6.12. The molecule has 0 unspecified atom stereocenters. The Bertz CT molecular complexity index is 1230. The van der Waals surface area contributed by atoms with Crippen molar-refractivity contribution in [2.45, 2.75) is 0 Å². The third-order valence-corrected chi connectivity index (χ3v) is 6.02. The zero-order valence-corrected chi connectivity index (χ0v) is 17.3. The number of fused-ring (bicyclic) bond motifs is 1. The molecule has 0 radical (unpaired) electrons. The first-order valence-electron chi connectivity index (χ1n) is 10.4. The van der Waals surface area contributed by atoms with Gasteiger partial charge in [-0.15, -0.1) is 0 Å². The molecule has 1 amide bonds. The zero-order valence-electron chi connectivity index (χ0n) is 17.3. The minimum atomic E-state index is -0.339. The number of piperazine rings is 1. The van der Waals surface area contributed by atoms with E-state index in [-0.39, 0.29) is 11.7 Å². The molecule has 156 valence electrons. The number of anilines is 1. The Hall–Kier alpha value is -3.67. The standard InChI is InChI=1S/C25H23FN4O/c1-28-22-8-7-19(26)17-21(22)23(24(28)18-5-3-2-4-6-18)25(31)30-15-13-29(14-16-30)20-9-11-27-12-10-20/h2-12,17H,13-16H2,1H3. The van der Waals surface area contributed by atoms with E-state index in [9.17, 15) is 9.18 Å². The fourth-order valence-electron chi connectivity index (χ4n) is 4.45. The molecule has 1 aliphatic rings. The van der Waals surface area contributed by atoms with Crippen molar-refractivity contribution < 1.29 is 9.18 Å². The van der Waals surface area contributed by atoms with E-state index in [0.717, 1.165) is 35.6 Å². The van der Waals surface area contributed by atoms with Crippen LogP contribution in [0.1, 0.15) is 10.4 Å². The Morgan fingerprint density at radius 3 is 2.35 bits per heavy atom. The lowest BCUT2D eigenvalue weighted by Crippen LogP contribution is -2.48. The quantitative estimate of drug-likeness (QED) is 0.501. The summed E-state index contributed by atoms with van der Waals surface area (Å²) in [4.78, 5) is 21.9. The van der Waals surface area contributed by atoms with Crippen LogP contribution in [0, 0.1) is 5.82 Å². The maximum absolute atomic E-state index is 14.2. The number of benzene rings is 2. The number of hydrogen-bond donors (Lipinski definition) is 0. The van der Waals surface area contributed by atoms with Gasteiger partial charge in [0, 0.05) is 62.2 Å². The molecule has 0 saturated carbocycles. The first-order valence-corrected chi connectivity index (χ1v) is 10.4. The monoisotopic (exact) mass is 414 g/mol. The molecule has 5 rings (SSSR count). The number of rotatable bonds is 3. The fraction of sp³-hybridized carbons (Fsp3) is 0.200. The van der Waals surface area contributed by atoms with Crippen molar-refractivity contribution >= 4 is 22.5 Å². The van der Waals surface area contributed by atoms with Gasteiger partial charge in [-0.05, 0) is 35.9 Å². The average Bonchev–Trinajstić information content (AvgIpc) is 3.11. The fourth-order valence-corrected chi connectivity index (χ4v) is 4.45. The van der Waals surface area contributed by atoms with Gasteiger partial charge in [0.15, 0.2) is 0 Å². The van der Waals surface area contributed by atoms with E-state index in [1.54, 1.807) is 18.5 Å². The molecule has 0 N–H and O–H groups in total. The molecule has 1 aliphatic heterocycles. The zero-order chi connectivity index (χ0) is 21.4. The van der Waals surface area contributed by atoms with Crippen LogP contribution in [0.3, 0.4) is 0 Å². The van der Waals surface area contributed by atoms with E-state index in [0.29, 0.717) is 24.0 Å². The van der Waals surface area contributed by atoms with Crippen LogP contribution in [-0.2, 0) is 7.05 Å². The first kappa shape index (κ1) is 19.3. The number of aryl methyl sites for hydroxylation is 1. The highest BCUT2D eigenvalue weighted by Gasteiger charge is 2.29. The summed E-state index contributed by atoms with van der Waals surface area (Å²) in [6, 6.07) is 18.5. The van der Waals surface area contributed by atoms with E-state index in [1.165, 1.54) is 12.1 Å². The van der Waals surface area contributed by atoms with Crippen LogP contribution in [0.15, 0.2) is 73.1 Å². The Labute approximate surface area is 180 Å². The predicted octanol–water partition coefficient (Wildman–Crippen LogP) is 4.34.